The summed E-state index contributed by atoms with van der Waals surface area (Å²) in [5.41, 5.74) is 0.429. The summed E-state index contributed by atoms with van der Waals surface area (Å²) in [5, 5.41) is 0. The van der Waals surface area contributed by atoms with E-state index in [2.05, 4.69) is 32.7 Å². The summed E-state index contributed by atoms with van der Waals surface area (Å²) in [6, 6.07) is 0. The van der Waals surface area contributed by atoms with Crippen LogP contribution in [0.15, 0.2) is 0 Å². The van der Waals surface area contributed by atoms with Gasteiger partial charge >= 0.3 is 41.9 Å². The van der Waals surface area contributed by atoms with Crippen molar-refractivity contribution in [3.05, 3.63) is 0 Å². The Kier molecular flexibility index (Phi) is 18.0. The Bertz CT molecular complexity index is 135. The fourth-order valence-corrected chi connectivity index (χ4v) is 1.65. The van der Waals surface area contributed by atoms with Gasteiger partial charge in [-0.1, -0.05) is 6.92 Å². The maximum Gasteiger partial charge on any atom is 2.00 e. The van der Waals surface area contributed by atoms with Gasteiger partial charge in [0.1, 0.15) is 0 Å². The molecule has 1 rings (SSSR count). The van der Waals surface area contributed by atoms with Crippen LogP contribution in [0, 0.1) is 5.92 Å². The second-order valence-corrected chi connectivity index (χ2v) is 4.12. The standard InChI is InChI=1S/C9H19N.2ClH.Li.Mg.3H/c1-8-6-5-7-10(4)9(8,2)3;;;;;;;/h8H,5-7H2,1-4H3;2*1H;;;;;/q;;;+1;+2;3*-1. The molecule has 0 bridgehead atoms. The number of rotatable bonds is 0. The van der Waals surface area contributed by atoms with Gasteiger partial charge in [-0.2, -0.15) is 0 Å². The van der Waals surface area contributed by atoms with Gasteiger partial charge in [0.05, 0.1) is 0 Å². The van der Waals surface area contributed by atoms with E-state index in [4.69, 9.17) is 0 Å². The monoisotopic (exact) mass is 247 g/mol. The van der Waals surface area contributed by atoms with Gasteiger partial charge in [0.25, 0.3) is 0 Å². The Hall–Kier alpha value is 1.90. The quantitative estimate of drug-likeness (QED) is 0.543. The maximum absolute atomic E-state index is 2.47. The van der Waals surface area contributed by atoms with Crippen LogP contribution < -0.4 is 18.9 Å². The van der Waals surface area contributed by atoms with E-state index in [1.54, 1.807) is 0 Å². The number of nitrogens with zero attached hydrogens (tertiary/aromatic N) is 1. The molecule has 1 heterocycles. The van der Waals surface area contributed by atoms with Gasteiger partial charge in [-0.05, 0) is 46.2 Å². The predicted molar refractivity (Wildman–Crippen MR) is 68.7 cm³/mol. The van der Waals surface area contributed by atoms with E-state index < -0.39 is 0 Å². The summed E-state index contributed by atoms with van der Waals surface area (Å²) in [6.07, 6.45) is 2.78. The van der Waals surface area contributed by atoms with Crippen molar-refractivity contribution in [3.63, 3.8) is 0 Å². The van der Waals surface area contributed by atoms with Gasteiger partial charge in [-0.3, -0.25) is 0 Å². The summed E-state index contributed by atoms with van der Waals surface area (Å²) in [5.74, 6) is 0.853. The summed E-state index contributed by atoms with van der Waals surface area (Å²) in [4.78, 5) is 2.47. The second-order valence-electron chi connectivity index (χ2n) is 4.12. The first-order valence-corrected chi connectivity index (χ1v) is 4.26. The molecule has 14 heavy (non-hydrogen) atoms. The van der Waals surface area contributed by atoms with Gasteiger partial charge in [0.2, 0.25) is 0 Å². The third kappa shape index (κ3) is 5.84. The minimum absolute atomic E-state index is 0. The fourth-order valence-electron chi connectivity index (χ4n) is 1.65. The van der Waals surface area contributed by atoms with Crippen molar-refractivity contribution in [2.45, 2.75) is 39.2 Å². The molecule has 0 aliphatic carbocycles. The summed E-state index contributed by atoms with van der Waals surface area (Å²) >= 11 is 0. The molecular formula is C9H24Cl2LiMgN. The molecule has 82 valence electrons. The number of likely N-dealkylation sites (tertiary alicyclic amines) is 1. The van der Waals surface area contributed by atoms with Crippen molar-refractivity contribution < 1.29 is 23.1 Å². The van der Waals surface area contributed by atoms with E-state index >= 15 is 0 Å². The van der Waals surface area contributed by atoms with E-state index in [0.29, 0.717) is 5.54 Å². The Balaban J connectivity index is -0.0000000286. The van der Waals surface area contributed by atoms with E-state index in [9.17, 15) is 0 Å². The van der Waals surface area contributed by atoms with Crippen LogP contribution in [0.5, 0.6) is 0 Å². The molecule has 1 aliphatic rings. The van der Waals surface area contributed by atoms with Crippen LogP contribution in [0.3, 0.4) is 0 Å². The van der Waals surface area contributed by atoms with Gasteiger partial charge < -0.3 is 9.18 Å². The summed E-state index contributed by atoms with van der Waals surface area (Å²) in [7, 11) is 2.23. The molecule has 0 aromatic rings. The first-order valence-electron chi connectivity index (χ1n) is 4.26. The average molecular weight is 248 g/mol. The zero-order valence-electron chi connectivity index (χ0n) is 13.2. The largest absolute Gasteiger partial charge is 2.00 e. The maximum atomic E-state index is 2.47. The molecule has 0 radical (unpaired) electrons. The van der Waals surface area contributed by atoms with Gasteiger partial charge in [-0.25, -0.2) is 0 Å². The molecular weight excluding hydrogens is 224 g/mol. The van der Waals surface area contributed by atoms with Crippen LogP contribution in [-0.4, -0.2) is 47.1 Å². The molecule has 0 amide bonds. The summed E-state index contributed by atoms with van der Waals surface area (Å²) in [6.45, 7) is 8.32. The number of hydrogen-bond acceptors (Lipinski definition) is 1. The molecule has 1 aliphatic heterocycles. The van der Waals surface area contributed by atoms with E-state index in [1.165, 1.54) is 19.4 Å². The molecule has 1 atom stereocenters. The molecule has 0 spiro atoms. The molecule has 0 aromatic carbocycles. The molecule has 1 saturated heterocycles. The van der Waals surface area contributed by atoms with Crippen molar-refractivity contribution in [1.82, 2.24) is 4.90 Å². The smallest absolute Gasteiger partial charge is 1.00 e. The van der Waals surface area contributed by atoms with Crippen molar-refractivity contribution in [3.8, 4) is 0 Å². The minimum Gasteiger partial charge on any atom is -1.00 e. The van der Waals surface area contributed by atoms with Gasteiger partial charge in [0.15, 0.2) is 0 Å². The van der Waals surface area contributed by atoms with Crippen LogP contribution in [0.25, 0.3) is 0 Å². The third-order valence-corrected chi connectivity index (χ3v) is 3.32. The van der Waals surface area contributed by atoms with Crippen molar-refractivity contribution in [1.29, 1.82) is 0 Å². The zero-order valence-corrected chi connectivity index (χ0v) is 13.2. The fraction of sp³-hybridized carbons (Fsp3) is 1.00. The minimum atomic E-state index is 0. The average Bonchev–Trinajstić information content (AvgIpc) is 1.84. The first-order chi connectivity index (χ1) is 4.55. The zero-order chi connectivity index (χ0) is 7.78. The number of halogens is 2. The van der Waals surface area contributed by atoms with Crippen LogP contribution in [-0.2, 0) is 0 Å². The van der Waals surface area contributed by atoms with Crippen LogP contribution in [0.1, 0.15) is 37.9 Å². The Morgan fingerprint density at radius 1 is 1.29 bits per heavy atom. The van der Waals surface area contributed by atoms with Crippen LogP contribution in [0.2, 0.25) is 0 Å². The molecule has 1 fully saturated rings. The molecule has 0 aromatic heterocycles. The topological polar surface area (TPSA) is 3.24 Å². The van der Waals surface area contributed by atoms with Gasteiger partial charge in [-0.15, -0.1) is 24.8 Å². The number of hydrogen-bond donors (Lipinski definition) is 0. The molecule has 1 nitrogen and oxygen atoms in total. The second kappa shape index (κ2) is 10.1. The van der Waals surface area contributed by atoms with E-state index in [0.717, 1.165) is 5.92 Å². The van der Waals surface area contributed by atoms with E-state index in [1.807, 2.05) is 0 Å². The van der Waals surface area contributed by atoms with Crippen molar-refractivity contribution in [2.75, 3.05) is 13.6 Å². The SMILES string of the molecule is CC1CCCN(C)C1(C)C.Cl.Cl.[H-].[H-].[H-].[Li+].[Mg+2]. The summed E-state index contributed by atoms with van der Waals surface area (Å²) < 4.78 is 0. The molecule has 0 N–H and O–H groups in total. The van der Waals surface area contributed by atoms with Gasteiger partial charge in [0, 0.05) is 5.54 Å². The van der Waals surface area contributed by atoms with E-state index in [-0.39, 0.29) is 71.0 Å². The predicted octanol–water partition coefficient (Wildman–Crippen LogP) is -0.0690. The van der Waals surface area contributed by atoms with Crippen LogP contribution in [0.4, 0.5) is 0 Å². The third-order valence-electron chi connectivity index (χ3n) is 3.32. The van der Waals surface area contributed by atoms with Crippen LogP contribution >= 0.6 is 24.8 Å². The number of piperidine rings is 1. The Morgan fingerprint density at radius 3 is 2.00 bits per heavy atom. The first kappa shape index (κ1) is 24.9. The molecule has 5 heteroatoms. The Labute approximate surface area is 134 Å². The van der Waals surface area contributed by atoms with Crippen molar-refractivity contribution >= 4 is 47.9 Å². The van der Waals surface area contributed by atoms with Crippen molar-refractivity contribution in [2.24, 2.45) is 5.92 Å². The Morgan fingerprint density at radius 2 is 1.71 bits per heavy atom. The normalized spacial score (nSPS) is 24.4. The molecule has 0 saturated carbocycles. The molecule has 1 unspecified atom stereocenters.